The van der Waals surface area contributed by atoms with Gasteiger partial charge in [0.25, 0.3) is 0 Å². The Morgan fingerprint density at radius 1 is 1.13 bits per heavy atom. The summed E-state index contributed by atoms with van der Waals surface area (Å²) in [5.41, 5.74) is 2.33. The molecule has 0 aromatic heterocycles. The van der Waals surface area contributed by atoms with Crippen LogP contribution in [0.5, 0.6) is 0 Å². The van der Waals surface area contributed by atoms with E-state index in [2.05, 4.69) is 4.89 Å². The zero-order valence-electron chi connectivity index (χ0n) is 12.1. The summed E-state index contributed by atoms with van der Waals surface area (Å²) in [6.07, 6.45) is 0.976. The Hall–Kier alpha value is -2.70. The van der Waals surface area contributed by atoms with Gasteiger partial charge in [-0.3, -0.25) is 0 Å². The predicted molar refractivity (Wildman–Crippen MR) is 81.7 cm³/mol. The van der Waals surface area contributed by atoms with Crippen LogP contribution in [0.15, 0.2) is 42.5 Å². The smallest absolute Gasteiger partial charge is 0.340 e. The van der Waals surface area contributed by atoms with Gasteiger partial charge in [-0.25, -0.2) is 19.4 Å². The Morgan fingerprint density at radius 2 is 1.87 bits per heavy atom. The zero-order chi connectivity index (χ0) is 16.4. The molecule has 0 fully saturated rings. The molecule has 2 aromatic rings. The minimum atomic E-state index is -1.38. The summed E-state index contributed by atoms with van der Waals surface area (Å²) >= 11 is 0. The molecule has 2 N–H and O–H groups in total. The molecule has 0 saturated heterocycles. The van der Waals surface area contributed by atoms with Crippen molar-refractivity contribution < 1.29 is 29.6 Å². The second-order valence-corrected chi connectivity index (χ2v) is 5.15. The SMILES string of the molecule is O=C(O)COOC(C(=O)O)C1=CCc2cccc3cccc1c23. The monoisotopic (exact) mass is 314 g/mol. The molecule has 0 saturated carbocycles. The molecular formula is C17H14O6. The fourth-order valence-electron chi connectivity index (χ4n) is 2.79. The van der Waals surface area contributed by atoms with Crippen LogP contribution >= 0.6 is 0 Å². The van der Waals surface area contributed by atoms with E-state index in [0.717, 1.165) is 21.9 Å². The highest BCUT2D eigenvalue weighted by molar-refractivity contribution is 6.03. The van der Waals surface area contributed by atoms with Crippen LogP contribution in [0.4, 0.5) is 0 Å². The molecule has 0 radical (unpaired) electrons. The van der Waals surface area contributed by atoms with E-state index in [-0.39, 0.29) is 0 Å². The highest BCUT2D eigenvalue weighted by atomic mass is 17.2. The Balaban J connectivity index is 1.97. The molecule has 0 aliphatic heterocycles. The molecule has 1 aliphatic rings. The highest BCUT2D eigenvalue weighted by Gasteiger charge is 2.29. The van der Waals surface area contributed by atoms with Crippen LogP contribution in [0.2, 0.25) is 0 Å². The van der Waals surface area contributed by atoms with E-state index in [1.54, 1.807) is 6.08 Å². The van der Waals surface area contributed by atoms with Gasteiger partial charge in [0.15, 0.2) is 6.61 Å². The van der Waals surface area contributed by atoms with Crippen molar-refractivity contribution in [1.29, 1.82) is 0 Å². The summed E-state index contributed by atoms with van der Waals surface area (Å²) < 4.78 is 0. The number of aliphatic carboxylic acids is 2. The number of hydrogen-bond donors (Lipinski definition) is 2. The van der Waals surface area contributed by atoms with E-state index in [0.29, 0.717) is 12.0 Å². The third-order valence-corrected chi connectivity index (χ3v) is 3.70. The first-order valence-electron chi connectivity index (χ1n) is 7.02. The lowest BCUT2D eigenvalue weighted by atomic mass is 9.86. The molecule has 1 aliphatic carbocycles. The van der Waals surface area contributed by atoms with Gasteiger partial charge in [0, 0.05) is 0 Å². The van der Waals surface area contributed by atoms with Crippen LogP contribution in [0.3, 0.4) is 0 Å². The van der Waals surface area contributed by atoms with E-state index < -0.39 is 24.6 Å². The molecule has 1 unspecified atom stereocenters. The van der Waals surface area contributed by atoms with E-state index >= 15 is 0 Å². The topological polar surface area (TPSA) is 93.1 Å². The number of allylic oxidation sites excluding steroid dienone is 1. The summed E-state index contributed by atoms with van der Waals surface area (Å²) in [5.74, 6) is -2.47. The van der Waals surface area contributed by atoms with Crippen LogP contribution in [0.25, 0.3) is 16.3 Å². The standard InChI is InChI=1S/C17H14O6/c18-14(19)9-22-23-16(17(20)21)13-8-7-11-4-1-3-10-5-2-6-12(13)15(10)11/h1-6,8,16H,7,9H2,(H,18,19)(H,20,21). The van der Waals surface area contributed by atoms with Crippen molar-refractivity contribution in [2.75, 3.05) is 6.61 Å². The molecule has 0 heterocycles. The number of benzene rings is 2. The molecule has 0 spiro atoms. The number of carboxylic acids is 2. The number of carboxylic acid groups (broad SMARTS) is 2. The summed E-state index contributed by atoms with van der Waals surface area (Å²) in [6, 6.07) is 11.6. The van der Waals surface area contributed by atoms with Crippen molar-refractivity contribution in [2.45, 2.75) is 12.5 Å². The van der Waals surface area contributed by atoms with Crippen molar-refractivity contribution in [1.82, 2.24) is 0 Å². The first kappa shape index (κ1) is 15.2. The maximum absolute atomic E-state index is 11.5. The molecule has 6 nitrogen and oxygen atoms in total. The van der Waals surface area contributed by atoms with Gasteiger partial charge in [0.05, 0.1) is 0 Å². The first-order valence-corrected chi connectivity index (χ1v) is 7.02. The third kappa shape index (κ3) is 2.94. The van der Waals surface area contributed by atoms with Crippen molar-refractivity contribution in [2.24, 2.45) is 0 Å². The van der Waals surface area contributed by atoms with E-state index in [9.17, 15) is 14.7 Å². The average Bonchev–Trinajstić information content (AvgIpc) is 2.53. The number of hydrogen-bond acceptors (Lipinski definition) is 4. The van der Waals surface area contributed by atoms with Crippen molar-refractivity contribution in [3.8, 4) is 0 Å². The maximum atomic E-state index is 11.5. The minimum absolute atomic E-state index is 0.465. The lowest BCUT2D eigenvalue weighted by Gasteiger charge is -2.22. The molecule has 118 valence electrons. The Morgan fingerprint density at radius 3 is 2.57 bits per heavy atom. The fraction of sp³-hybridized carbons (Fsp3) is 0.176. The lowest BCUT2D eigenvalue weighted by molar-refractivity contribution is -0.305. The fourth-order valence-corrected chi connectivity index (χ4v) is 2.79. The minimum Gasteiger partial charge on any atom is -0.479 e. The maximum Gasteiger partial charge on any atom is 0.340 e. The average molecular weight is 314 g/mol. The van der Waals surface area contributed by atoms with Crippen LogP contribution in [0, 0.1) is 0 Å². The zero-order valence-corrected chi connectivity index (χ0v) is 12.1. The highest BCUT2D eigenvalue weighted by Crippen LogP contribution is 2.35. The quantitative estimate of drug-likeness (QED) is 0.627. The molecule has 3 rings (SSSR count). The van der Waals surface area contributed by atoms with Gasteiger partial charge in [-0.05, 0) is 33.9 Å². The predicted octanol–water partition coefficient (Wildman–Crippen LogP) is 2.27. The van der Waals surface area contributed by atoms with Crippen LogP contribution in [-0.4, -0.2) is 34.9 Å². The summed E-state index contributed by atoms with van der Waals surface area (Å²) in [6.45, 7) is -0.724. The van der Waals surface area contributed by atoms with Gasteiger partial charge < -0.3 is 10.2 Å². The van der Waals surface area contributed by atoms with Crippen molar-refractivity contribution in [3.63, 3.8) is 0 Å². The summed E-state index contributed by atoms with van der Waals surface area (Å²) in [4.78, 5) is 31.4. The molecule has 1 atom stereocenters. The van der Waals surface area contributed by atoms with E-state index in [1.807, 2.05) is 36.4 Å². The van der Waals surface area contributed by atoms with Gasteiger partial charge in [-0.2, -0.15) is 0 Å². The normalized spacial score (nSPS) is 14.3. The van der Waals surface area contributed by atoms with Crippen LogP contribution < -0.4 is 0 Å². The summed E-state index contributed by atoms with van der Waals surface area (Å²) in [7, 11) is 0. The summed E-state index contributed by atoms with van der Waals surface area (Å²) in [5, 5.41) is 20.0. The molecular weight excluding hydrogens is 300 g/mol. The van der Waals surface area contributed by atoms with Gasteiger partial charge in [-0.15, -0.1) is 0 Å². The second kappa shape index (κ2) is 6.20. The molecule has 0 amide bonds. The van der Waals surface area contributed by atoms with Crippen molar-refractivity contribution >= 4 is 28.3 Å². The van der Waals surface area contributed by atoms with Gasteiger partial charge >= 0.3 is 11.9 Å². The Labute approximate surface area is 131 Å². The number of carbonyl (C=O) groups is 2. The molecule has 6 heteroatoms. The molecule has 0 bridgehead atoms. The Kier molecular flexibility index (Phi) is 4.10. The van der Waals surface area contributed by atoms with Crippen LogP contribution in [-0.2, 0) is 25.8 Å². The molecule has 23 heavy (non-hydrogen) atoms. The van der Waals surface area contributed by atoms with Gasteiger partial charge in [0.2, 0.25) is 6.10 Å². The number of rotatable bonds is 6. The van der Waals surface area contributed by atoms with Crippen LogP contribution in [0.1, 0.15) is 11.1 Å². The lowest BCUT2D eigenvalue weighted by Crippen LogP contribution is -2.27. The largest absolute Gasteiger partial charge is 0.479 e. The van der Waals surface area contributed by atoms with Gasteiger partial charge in [0.1, 0.15) is 0 Å². The first-order chi connectivity index (χ1) is 11.1. The molecule has 2 aromatic carbocycles. The van der Waals surface area contributed by atoms with E-state index in [4.69, 9.17) is 9.99 Å². The second-order valence-electron chi connectivity index (χ2n) is 5.15. The van der Waals surface area contributed by atoms with Crippen molar-refractivity contribution in [3.05, 3.63) is 53.6 Å². The Bertz CT molecular complexity index is 803. The van der Waals surface area contributed by atoms with Gasteiger partial charge in [-0.1, -0.05) is 42.5 Å². The van der Waals surface area contributed by atoms with E-state index in [1.165, 1.54) is 0 Å². The third-order valence-electron chi connectivity index (χ3n) is 3.70.